The molecular weight excluding hydrogens is 284 g/mol. The van der Waals surface area contributed by atoms with E-state index in [1.54, 1.807) is 12.1 Å². The molecule has 0 radical (unpaired) electrons. The highest BCUT2D eigenvalue weighted by molar-refractivity contribution is 7.80. The lowest BCUT2D eigenvalue weighted by Crippen LogP contribution is -2.10. The summed E-state index contributed by atoms with van der Waals surface area (Å²) in [6.45, 7) is 0. The highest BCUT2D eigenvalue weighted by atomic mass is 32.1. The molecule has 0 saturated carbocycles. The third-order valence-electron chi connectivity index (χ3n) is 2.52. The Balaban J connectivity index is 2.42. The second-order valence-electron chi connectivity index (χ2n) is 3.93. The minimum absolute atomic E-state index is 0.00764. The minimum atomic E-state index is -0.736. The third kappa shape index (κ3) is 3.21. The average Bonchev–Trinajstić information content (AvgIpc) is 2.37. The molecule has 0 atom stereocenters. The lowest BCUT2D eigenvalue weighted by Gasteiger charge is -2.12. The van der Waals surface area contributed by atoms with Gasteiger partial charge >= 0.3 is 0 Å². The van der Waals surface area contributed by atoms with Gasteiger partial charge in [0.1, 0.15) is 33.9 Å². The number of methoxy groups -OCH3 is 1. The van der Waals surface area contributed by atoms with Gasteiger partial charge in [-0.2, -0.15) is 0 Å². The monoisotopic (exact) mass is 295 g/mol. The van der Waals surface area contributed by atoms with Crippen molar-refractivity contribution in [2.24, 2.45) is 5.73 Å². The molecule has 104 valence electrons. The van der Waals surface area contributed by atoms with Crippen molar-refractivity contribution in [3.63, 3.8) is 0 Å². The van der Waals surface area contributed by atoms with E-state index in [9.17, 15) is 8.78 Å². The number of ether oxygens (including phenoxy) is 2. The standard InChI is InChI=1S/C14H11F2NO2S/c1-18-10-2-3-12(14(17)20)13(7-10)19-11-5-8(15)4-9(16)6-11/h2-7H,1H3,(H2,17,20). The molecule has 0 heterocycles. The minimum Gasteiger partial charge on any atom is -0.497 e. The number of halogens is 2. The van der Waals surface area contributed by atoms with Gasteiger partial charge in [0.25, 0.3) is 0 Å². The average molecular weight is 295 g/mol. The van der Waals surface area contributed by atoms with Gasteiger partial charge in [0.2, 0.25) is 0 Å². The maximum absolute atomic E-state index is 13.1. The maximum Gasteiger partial charge on any atom is 0.141 e. The van der Waals surface area contributed by atoms with Crippen LogP contribution >= 0.6 is 12.2 Å². The Kier molecular flexibility index (Phi) is 4.14. The molecule has 0 amide bonds. The summed E-state index contributed by atoms with van der Waals surface area (Å²) < 4.78 is 36.8. The normalized spacial score (nSPS) is 10.2. The molecule has 3 nitrogen and oxygen atoms in total. The number of thiocarbonyl (C=S) groups is 1. The zero-order valence-corrected chi connectivity index (χ0v) is 11.3. The smallest absolute Gasteiger partial charge is 0.141 e. The molecule has 20 heavy (non-hydrogen) atoms. The molecule has 0 aliphatic rings. The van der Waals surface area contributed by atoms with Gasteiger partial charge < -0.3 is 15.2 Å². The number of hydrogen-bond donors (Lipinski definition) is 1. The van der Waals surface area contributed by atoms with Gasteiger partial charge in [0, 0.05) is 24.3 Å². The molecule has 0 fully saturated rings. The van der Waals surface area contributed by atoms with Crippen molar-refractivity contribution < 1.29 is 18.3 Å². The summed E-state index contributed by atoms with van der Waals surface area (Å²) in [6, 6.07) is 7.70. The maximum atomic E-state index is 13.1. The summed E-state index contributed by atoms with van der Waals surface area (Å²) in [5.74, 6) is -0.688. The third-order valence-corrected chi connectivity index (χ3v) is 2.74. The Labute approximate surface area is 119 Å². The number of benzene rings is 2. The molecule has 0 aliphatic heterocycles. The van der Waals surface area contributed by atoms with E-state index in [0.29, 0.717) is 11.3 Å². The fraction of sp³-hybridized carbons (Fsp3) is 0.0714. The van der Waals surface area contributed by atoms with E-state index in [0.717, 1.165) is 18.2 Å². The molecule has 0 unspecified atom stereocenters. The quantitative estimate of drug-likeness (QED) is 0.878. The van der Waals surface area contributed by atoms with Gasteiger partial charge in [0.15, 0.2) is 0 Å². The molecule has 0 aliphatic carbocycles. The summed E-state index contributed by atoms with van der Waals surface area (Å²) in [5.41, 5.74) is 6.03. The molecule has 2 aromatic rings. The number of nitrogens with two attached hydrogens (primary N) is 1. The Morgan fingerprint density at radius 1 is 1.05 bits per heavy atom. The Bertz CT molecular complexity index is 641. The zero-order chi connectivity index (χ0) is 14.7. The highest BCUT2D eigenvalue weighted by Crippen LogP contribution is 2.30. The zero-order valence-electron chi connectivity index (χ0n) is 10.5. The molecular formula is C14H11F2NO2S. The summed E-state index contributed by atoms with van der Waals surface area (Å²) in [5, 5.41) is 0. The van der Waals surface area contributed by atoms with Crippen molar-refractivity contribution in [3.8, 4) is 17.2 Å². The fourth-order valence-electron chi connectivity index (χ4n) is 1.63. The van der Waals surface area contributed by atoms with E-state index in [-0.39, 0.29) is 16.5 Å². The Morgan fingerprint density at radius 3 is 2.25 bits per heavy atom. The first-order valence-electron chi connectivity index (χ1n) is 5.61. The van der Waals surface area contributed by atoms with Crippen molar-refractivity contribution in [2.45, 2.75) is 0 Å². The summed E-state index contributed by atoms with van der Waals surface area (Å²) in [4.78, 5) is 0.111. The van der Waals surface area contributed by atoms with Crippen LogP contribution in [0.2, 0.25) is 0 Å². The van der Waals surface area contributed by atoms with E-state index in [2.05, 4.69) is 0 Å². The molecule has 0 bridgehead atoms. The van der Waals surface area contributed by atoms with E-state index in [4.69, 9.17) is 27.4 Å². The van der Waals surface area contributed by atoms with Crippen LogP contribution in [0.15, 0.2) is 36.4 Å². The van der Waals surface area contributed by atoms with Crippen molar-refractivity contribution in [1.29, 1.82) is 0 Å². The lowest BCUT2D eigenvalue weighted by atomic mass is 10.2. The van der Waals surface area contributed by atoms with Crippen LogP contribution in [-0.4, -0.2) is 12.1 Å². The van der Waals surface area contributed by atoms with Gasteiger partial charge in [-0.3, -0.25) is 0 Å². The van der Waals surface area contributed by atoms with Crippen molar-refractivity contribution in [3.05, 3.63) is 53.6 Å². The molecule has 0 aromatic heterocycles. The second-order valence-corrected chi connectivity index (χ2v) is 4.37. The molecule has 2 rings (SSSR count). The lowest BCUT2D eigenvalue weighted by molar-refractivity contribution is 0.408. The molecule has 2 N–H and O–H groups in total. The van der Waals surface area contributed by atoms with Crippen LogP contribution in [0.5, 0.6) is 17.2 Å². The van der Waals surface area contributed by atoms with Crippen molar-refractivity contribution in [2.75, 3.05) is 7.11 Å². The number of hydrogen-bond acceptors (Lipinski definition) is 3. The van der Waals surface area contributed by atoms with Gasteiger partial charge in [-0.15, -0.1) is 0 Å². The van der Waals surface area contributed by atoms with E-state index >= 15 is 0 Å². The van der Waals surface area contributed by atoms with E-state index in [1.807, 2.05) is 0 Å². The van der Waals surface area contributed by atoms with Crippen LogP contribution in [-0.2, 0) is 0 Å². The van der Waals surface area contributed by atoms with Gasteiger partial charge in [-0.1, -0.05) is 12.2 Å². The Morgan fingerprint density at radius 2 is 1.70 bits per heavy atom. The summed E-state index contributed by atoms with van der Waals surface area (Å²) in [7, 11) is 1.49. The first-order valence-corrected chi connectivity index (χ1v) is 6.02. The van der Waals surface area contributed by atoms with E-state index < -0.39 is 11.6 Å². The summed E-state index contributed by atoms with van der Waals surface area (Å²) in [6.07, 6.45) is 0. The first kappa shape index (κ1) is 14.2. The highest BCUT2D eigenvalue weighted by Gasteiger charge is 2.11. The molecule has 0 spiro atoms. The number of rotatable bonds is 4. The predicted molar refractivity (Wildman–Crippen MR) is 75.3 cm³/mol. The van der Waals surface area contributed by atoms with Crippen LogP contribution in [0.25, 0.3) is 0 Å². The molecule has 0 saturated heterocycles. The van der Waals surface area contributed by atoms with Crippen LogP contribution in [0.4, 0.5) is 8.78 Å². The van der Waals surface area contributed by atoms with Crippen molar-refractivity contribution >= 4 is 17.2 Å². The van der Waals surface area contributed by atoms with Gasteiger partial charge in [-0.05, 0) is 12.1 Å². The van der Waals surface area contributed by atoms with Crippen LogP contribution in [0.1, 0.15) is 5.56 Å². The predicted octanol–water partition coefficient (Wildman–Crippen LogP) is 3.40. The topological polar surface area (TPSA) is 44.5 Å². The Hall–Kier alpha value is -2.21. The largest absolute Gasteiger partial charge is 0.497 e. The van der Waals surface area contributed by atoms with Crippen LogP contribution in [0.3, 0.4) is 0 Å². The van der Waals surface area contributed by atoms with Crippen LogP contribution in [0, 0.1) is 11.6 Å². The van der Waals surface area contributed by atoms with Gasteiger partial charge in [0.05, 0.1) is 12.7 Å². The summed E-state index contributed by atoms with van der Waals surface area (Å²) >= 11 is 4.91. The van der Waals surface area contributed by atoms with Crippen molar-refractivity contribution in [1.82, 2.24) is 0 Å². The first-order chi connectivity index (χ1) is 9.49. The molecule has 2 aromatic carbocycles. The molecule has 6 heteroatoms. The SMILES string of the molecule is COc1ccc(C(N)=S)c(Oc2cc(F)cc(F)c2)c1. The fourth-order valence-corrected chi connectivity index (χ4v) is 1.80. The van der Waals surface area contributed by atoms with E-state index in [1.165, 1.54) is 13.2 Å². The second kappa shape index (κ2) is 5.83. The van der Waals surface area contributed by atoms with Gasteiger partial charge in [-0.25, -0.2) is 8.78 Å². The van der Waals surface area contributed by atoms with Crippen LogP contribution < -0.4 is 15.2 Å².